The van der Waals surface area contributed by atoms with Gasteiger partial charge in [0.15, 0.2) is 0 Å². The molecule has 8 heteroatoms. The zero-order valence-electron chi connectivity index (χ0n) is 31.0. The van der Waals surface area contributed by atoms with Crippen molar-refractivity contribution in [2.45, 2.75) is 186 Å². The van der Waals surface area contributed by atoms with E-state index in [1.54, 1.807) is 36.5 Å². The predicted octanol–water partition coefficient (Wildman–Crippen LogP) is 8.75. The molecule has 0 spiro atoms. The number of aliphatic hydroxyl groups is 4. The molecule has 0 saturated heterocycles. The Bertz CT molecular complexity index is 881. The third-order valence-electron chi connectivity index (χ3n) is 8.43. The van der Waals surface area contributed by atoms with Crippen LogP contribution in [0.4, 0.5) is 0 Å². The summed E-state index contributed by atoms with van der Waals surface area (Å²) in [6.07, 6.45) is 34.0. The lowest BCUT2D eigenvalue weighted by Crippen LogP contribution is -2.26. The first kappa shape index (κ1) is 46.7. The van der Waals surface area contributed by atoms with Gasteiger partial charge in [-0.3, -0.25) is 9.59 Å². The molecule has 0 unspecified atom stereocenters. The number of carbonyl (C=O) groups is 2. The lowest BCUT2D eigenvalue weighted by Gasteiger charge is -2.14. The molecule has 49 heavy (non-hydrogen) atoms. The number of hydrogen-bond acceptors (Lipinski definition) is 8. The summed E-state index contributed by atoms with van der Waals surface area (Å²) < 4.78 is 10.2. The number of esters is 2. The number of ether oxygens (including phenoxy) is 2. The second-order valence-corrected chi connectivity index (χ2v) is 13.3. The topological polar surface area (TPSA) is 134 Å². The summed E-state index contributed by atoms with van der Waals surface area (Å²) >= 11 is 0. The molecule has 4 atom stereocenters. The van der Waals surface area contributed by atoms with Gasteiger partial charge in [-0.05, 0) is 25.7 Å². The van der Waals surface area contributed by atoms with Gasteiger partial charge >= 0.3 is 11.9 Å². The van der Waals surface area contributed by atoms with E-state index >= 15 is 0 Å². The van der Waals surface area contributed by atoms with Crippen LogP contribution >= 0.6 is 0 Å². The predicted molar refractivity (Wildman–Crippen MR) is 200 cm³/mol. The van der Waals surface area contributed by atoms with Crippen molar-refractivity contribution < 1.29 is 39.5 Å². The van der Waals surface area contributed by atoms with Crippen molar-refractivity contribution >= 4 is 11.9 Å². The van der Waals surface area contributed by atoms with Crippen LogP contribution in [0.25, 0.3) is 0 Å². The van der Waals surface area contributed by atoms with Gasteiger partial charge in [-0.2, -0.15) is 0 Å². The summed E-state index contributed by atoms with van der Waals surface area (Å²) in [5.41, 5.74) is 0. The summed E-state index contributed by atoms with van der Waals surface area (Å²) in [4.78, 5) is 24.0. The Hall–Kier alpha value is -2.26. The molecule has 4 N–H and O–H groups in total. The quantitative estimate of drug-likeness (QED) is 0.0299. The maximum absolute atomic E-state index is 12.0. The molecule has 0 aromatic heterocycles. The third kappa shape index (κ3) is 34.0. The molecule has 0 aliphatic heterocycles. The van der Waals surface area contributed by atoms with Crippen molar-refractivity contribution in [3.63, 3.8) is 0 Å². The van der Waals surface area contributed by atoms with Crippen LogP contribution in [-0.4, -0.2) is 70.0 Å². The van der Waals surface area contributed by atoms with Crippen molar-refractivity contribution in [2.75, 3.05) is 13.2 Å². The van der Waals surface area contributed by atoms with E-state index < -0.39 is 30.4 Å². The van der Waals surface area contributed by atoms with E-state index in [0.717, 1.165) is 44.9 Å². The first-order valence-corrected chi connectivity index (χ1v) is 19.5. The minimum absolute atomic E-state index is 0.0325. The second-order valence-electron chi connectivity index (χ2n) is 13.3. The SMILES string of the molecule is CCCCCCCCCCCCCCCCCC(=O)OC[C@H](O)COC(=O)CCC[C@@H](O)[C@H](O)/C=C/C=C/C=C\C=C\[C@H](O)CCCCC. The molecule has 284 valence electrons. The summed E-state index contributed by atoms with van der Waals surface area (Å²) in [6.45, 7) is 3.90. The van der Waals surface area contributed by atoms with E-state index in [9.17, 15) is 30.0 Å². The molecule has 0 aromatic carbocycles. The van der Waals surface area contributed by atoms with Crippen molar-refractivity contribution in [1.82, 2.24) is 0 Å². The number of hydrogen-bond donors (Lipinski definition) is 4. The van der Waals surface area contributed by atoms with Gasteiger partial charge < -0.3 is 29.9 Å². The first-order valence-electron chi connectivity index (χ1n) is 19.5. The minimum atomic E-state index is -1.09. The van der Waals surface area contributed by atoms with Crippen LogP contribution in [0, 0.1) is 0 Å². The van der Waals surface area contributed by atoms with E-state index in [4.69, 9.17) is 9.47 Å². The second kappa shape index (κ2) is 35.6. The highest BCUT2D eigenvalue weighted by Crippen LogP contribution is 2.14. The molecule has 8 nitrogen and oxygen atoms in total. The Morgan fingerprint density at radius 1 is 0.490 bits per heavy atom. The van der Waals surface area contributed by atoms with E-state index in [-0.39, 0.29) is 32.0 Å². The van der Waals surface area contributed by atoms with E-state index in [1.165, 1.54) is 83.1 Å². The van der Waals surface area contributed by atoms with Gasteiger partial charge in [-0.15, -0.1) is 0 Å². The number of allylic oxidation sites excluding steroid dienone is 6. The molecule has 0 rings (SSSR count). The normalized spacial score (nSPS) is 14.7. The zero-order chi connectivity index (χ0) is 36.2. The maximum atomic E-state index is 12.0. The molecular formula is C41H72O8. The zero-order valence-corrected chi connectivity index (χ0v) is 31.0. The van der Waals surface area contributed by atoms with Crippen molar-refractivity contribution in [2.24, 2.45) is 0 Å². The molecular weight excluding hydrogens is 620 g/mol. The van der Waals surface area contributed by atoms with Gasteiger partial charge in [0, 0.05) is 12.8 Å². The largest absolute Gasteiger partial charge is 0.463 e. The monoisotopic (exact) mass is 693 g/mol. The summed E-state index contributed by atoms with van der Waals surface area (Å²) in [6, 6.07) is 0. The van der Waals surface area contributed by atoms with Crippen LogP contribution in [0.3, 0.4) is 0 Å². The Labute approximate surface area is 298 Å². The highest BCUT2D eigenvalue weighted by molar-refractivity contribution is 5.69. The Morgan fingerprint density at radius 2 is 0.898 bits per heavy atom. The molecule has 0 bridgehead atoms. The highest BCUT2D eigenvalue weighted by Gasteiger charge is 2.15. The third-order valence-corrected chi connectivity index (χ3v) is 8.43. The number of rotatable bonds is 34. The Morgan fingerprint density at radius 3 is 1.41 bits per heavy atom. The maximum Gasteiger partial charge on any atom is 0.305 e. The van der Waals surface area contributed by atoms with Gasteiger partial charge in [0.2, 0.25) is 0 Å². The Kier molecular flexibility index (Phi) is 33.9. The number of carbonyl (C=O) groups excluding carboxylic acids is 2. The fraction of sp³-hybridized carbons (Fsp3) is 0.756. The molecule has 0 aromatic rings. The minimum Gasteiger partial charge on any atom is -0.463 e. The van der Waals surface area contributed by atoms with Crippen LogP contribution in [0.1, 0.15) is 162 Å². The fourth-order valence-electron chi connectivity index (χ4n) is 5.29. The lowest BCUT2D eigenvalue weighted by atomic mass is 10.0. The molecule has 0 amide bonds. The van der Waals surface area contributed by atoms with Crippen LogP contribution in [0.15, 0.2) is 48.6 Å². The lowest BCUT2D eigenvalue weighted by molar-refractivity contribution is -0.152. The summed E-state index contributed by atoms with van der Waals surface area (Å²) in [5.74, 6) is -0.882. The van der Waals surface area contributed by atoms with Gasteiger partial charge in [0.25, 0.3) is 0 Å². The smallest absolute Gasteiger partial charge is 0.305 e. The standard InChI is InChI=1S/C41H72O8/c1-3-5-7-8-9-10-11-12-13-14-15-16-17-22-26-32-40(46)48-34-37(43)35-49-41(47)33-27-31-39(45)38(44)30-25-21-19-18-20-24-29-36(42)28-23-6-4-2/h18-21,24-25,29-30,36-39,42-45H,3-17,22-23,26-28,31-35H2,1-2H3/b20-18-,21-19+,29-24+,30-25+/t36-,37+,38-,39-/m1/s1. The first-order chi connectivity index (χ1) is 23.8. The number of aliphatic hydroxyl groups excluding tert-OH is 4. The van der Waals surface area contributed by atoms with E-state index in [2.05, 4.69) is 13.8 Å². The van der Waals surface area contributed by atoms with Crippen LogP contribution < -0.4 is 0 Å². The average Bonchev–Trinajstić information content (AvgIpc) is 3.09. The van der Waals surface area contributed by atoms with Crippen molar-refractivity contribution in [3.05, 3.63) is 48.6 Å². The molecule has 0 radical (unpaired) electrons. The van der Waals surface area contributed by atoms with Crippen LogP contribution in [0.5, 0.6) is 0 Å². The molecule has 0 fully saturated rings. The molecule has 0 aliphatic rings. The van der Waals surface area contributed by atoms with E-state index in [0.29, 0.717) is 12.8 Å². The highest BCUT2D eigenvalue weighted by atomic mass is 16.6. The number of unbranched alkanes of at least 4 members (excludes halogenated alkanes) is 16. The molecule has 0 aliphatic carbocycles. The van der Waals surface area contributed by atoms with Gasteiger partial charge in [0.1, 0.15) is 19.3 Å². The van der Waals surface area contributed by atoms with Gasteiger partial charge in [-0.25, -0.2) is 0 Å². The van der Waals surface area contributed by atoms with E-state index in [1.807, 2.05) is 6.08 Å². The average molecular weight is 693 g/mol. The van der Waals surface area contributed by atoms with Crippen molar-refractivity contribution in [1.29, 1.82) is 0 Å². The molecule has 0 heterocycles. The summed E-state index contributed by atoms with van der Waals surface area (Å²) in [7, 11) is 0. The van der Waals surface area contributed by atoms with Gasteiger partial charge in [0.05, 0.1) is 18.3 Å². The van der Waals surface area contributed by atoms with Gasteiger partial charge in [-0.1, -0.05) is 172 Å². The van der Waals surface area contributed by atoms with Crippen LogP contribution in [0.2, 0.25) is 0 Å². The molecule has 0 saturated carbocycles. The summed E-state index contributed by atoms with van der Waals surface area (Å²) in [5, 5.41) is 40.1. The van der Waals surface area contributed by atoms with Crippen molar-refractivity contribution in [3.8, 4) is 0 Å². The van der Waals surface area contributed by atoms with Crippen LogP contribution in [-0.2, 0) is 19.1 Å². The Balaban J connectivity index is 3.78. The fourth-order valence-corrected chi connectivity index (χ4v) is 5.29.